The van der Waals surface area contributed by atoms with Gasteiger partial charge in [0.15, 0.2) is 11.5 Å². The standard InChI is InChI=1S/C26H30N8O2/c1-16-11-20(33-10-9-26(3,15-33)18-7-5-4-6-8-18)14-34-23(16)30-22(31-34)24(35)29-19-12-21(27-13-19)25-28-17(2)32-36-25/h4-8,11,14,19,21,27H,9-10,12-13,15H2,1-3H3,(H,29,35)/t19-,21-,26-/m0/s1. The van der Waals surface area contributed by atoms with Gasteiger partial charge in [-0.1, -0.05) is 42.4 Å². The molecule has 0 radical (unpaired) electrons. The summed E-state index contributed by atoms with van der Waals surface area (Å²) in [6.07, 6.45) is 3.73. The first-order chi connectivity index (χ1) is 17.4. The molecular formula is C26H30N8O2. The van der Waals surface area contributed by atoms with Crippen LogP contribution in [0.25, 0.3) is 5.65 Å². The Kier molecular flexibility index (Phi) is 5.48. The molecule has 0 spiro atoms. The SMILES string of the molecule is Cc1noc([C@@H]2C[C@H](NC(=O)c3nc4c(C)cc(N5CC[C@](C)(c6ccccc6)C5)cn4n3)CN2)n1. The highest BCUT2D eigenvalue weighted by Crippen LogP contribution is 2.36. The Morgan fingerprint density at radius 1 is 1.22 bits per heavy atom. The van der Waals surface area contributed by atoms with Gasteiger partial charge >= 0.3 is 0 Å². The number of pyridine rings is 1. The van der Waals surface area contributed by atoms with Gasteiger partial charge in [0.2, 0.25) is 11.7 Å². The van der Waals surface area contributed by atoms with Crippen LogP contribution in [0.5, 0.6) is 0 Å². The summed E-state index contributed by atoms with van der Waals surface area (Å²) in [6, 6.07) is 12.7. The number of aryl methyl sites for hydroxylation is 2. The zero-order valence-electron chi connectivity index (χ0n) is 20.7. The molecule has 2 aliphatic rings. The lowest BCUT2D eigenvalue weighted by Crippen LogP contribution is -2.36. The molecule has 2 saturated heterocycles. The molecule has 1 amide bonds. The smallest absolute Gasteiger partial charge is 0.291 e. The maximum atomic E-state index is 13.0. The average molecular weight is 487 g/mol. The number of carbonyl (C=O) groups excluding carboxylic acids is 1. The quantitative estimate of drug-likeness (QED) is 0.443. The summed E-state index contributed by atoms with van der Waals surface area (Å²) in [4.78, 5) is 24.2. The maximum Gasteiger partial charge on any atom is 0.291 e. The van der Waals surface area contributed by atoms with E-state index in [1.54, 1.807) is 11.4 Å². The van der Waals surface area contributed by atoms with E-state index in [0.29, 0.717) is 30.3 Å². The van der Waals surface area contributed by atoms with Crippen LogP contribution in [0.15, 0.2) is 47.1 Å². The van der Waals surface area contributed by atoms with Crippen LogP contribution in [0, 0.1) is 13.8 Å². The van der Waals surface area contributed by atoms with Crippen LogP contribution >= 0.6 is 0 Å². The maximum absolute atomic E-state index is 13.0. The van der Waals surface area contributed by atoms with Gasteiger partial charge in [-0.2, -0.15) is 4.98 Å². The number of hydrogen-bond donors (Lipinski definition) is 2. The molecule has 2 N–H and O–H groups in total. The molecule has 3 atom stereocenters. The van der Waals surface area contributed by atoms with Crippen LogP contribution in [0.1, 0.15) is 59.3 Å². The van der Waals surface area contributed by atoms with Crippen molar-refractivity contribution in [2.45, 2.75) is 51.1 Å². The van der Waals surface area contributed by atoms with E-state index >= 15 is 0 Å². The van der Waals surface area contributed by atoms with Gasteiger partial charge in [-0.05, 0) is 43.9 Å². The molecule has 0 unspecified atom stereocenters. The highest BCUT2D eigenvalue weighted by molar-refractivity contribution is 5.91. The van der Waals surface area contributed by atoms with Crippen LogP contribution in [-0.2, 0) is 5.41 Å². The second kappa shape index (κ2) is 8.70. The molecule has 0 bridgehead atoms. The molecular weight excluding hydrogens is 456 g/mol. The van der Waals surface area contributed by atoms with Gasteiger partial charge in [-0.3, -0.25) is 4.79 Å². The van der Waals surface area contributed by atoms with Crippen molar-refractivity contribution in [3.05, 3.63) is 71.3 Å². The van der Waals surface area contributed by atoms with Crippen molar-refractivity contribution in [1.29, 1.82) is 0 Å². The molecule has 0 saturated carbocycles. The predicted octanol–water partition coefficient (Wildman–Crippen LogP) is 2.73. The van der Waals surface area contributed by atoms with Gasteiger partial charge in [0.25, 0.3) is 5.91 Å². The summed E-state index contributed by atoms with van der Waals surface area (Å²) in [5, 5.41) is 14.7. The van der Waals surface area contributed by atoms with Crippen LogP contribution in [0.3, 0.4) is 0 Å². The Morgan fingerprint density at radius 2 is 2.06 bits per heavy atom. The fraction of sp³-hybridized carbons (Fsp3) is 0.423. The minimum absolute atomic E-state index is 0.0711. The second-order valence-corrected chi connectivity index (χ2v) is 10.2. The lowest BCUT2D eigenvalue weighted by atomic mass is 9.82. The third kappa shape index (κ3) is 4.11. The largest absolute Gasteiger partial charge is 0.369 e. The molecule has 10 heteroatoms. The van der Waals surface area contributed by atoms with E-state index in [0.717, 1.165) is 30.8 Å². The summed E-state index contributed by atoms with van der Waals surface area (Å²) < 4.78 is 6.99. The number of aromatic nitrogens is 5. The molecule has 4 aromatic rings. The molecule has 3 aromatic heterocycles. The van der Waals surface area contributed by atoms with Crippen molar-refractivity contribution in [3.8, 4) is 0 Å². The lowest BCUT2D eigenvalue weighted by Gasteiger charge is -2.26. The van der Waals surface area contributed by atoms with Crippen molar-refractivity contribution < 1.29 is 9.32 Å². The monoisotopic (exact) mass is 486 g/mol. The van der Waals surface area contributed by atoms with E-state index in [4.69, 9.17) is 4.52 Å². The Hall–Kier alpha value is -3.79. The van der Waals surface area contributed by atoms with E-state index in [1.165, 1.54) is 5.56 Å². The molecule has 6 rings (SSSR count). The van der Waals surface area contributed by atoms with Crippen LogP contribution in [0.2, 0.25) is 0 Å². The molecule has 186 valence electrons. The van der Waals surface area contributed by atoms with Gasteiger partial charge in [-0.15, -0.1) is 5.10 Å². The Bertz CT molecular complexity index is 1410. The summed E-state index contributed by atoms with van der Waals surface area (Å²) in [5.74, 6) is 1.03. The molecule has 36 heavy (non-hydrogen) atoms. The second-order valence-electron chi connectivity index (χ2n) is 10.2. The lowest BCUT2D eigenvalue weighted by molar-refractivity contribution is 0.0929. The van der Waals surface area contributed by atoms with Gasteiger partial charge in [0.05, 0.1) is 17.9 Å². The minimum atomic E-state index is -0.286. The third-order valence-electron chi connectivity index (χ3n) is 7.42. The highest BCUT2D eigenvalue weighted by Gasteiger charge is 2.36. The normalized spacial score (nSPS) is 24.0. The predicted molar refractivity (Wildman–Crippen MR) is 134 cm³/mol. The summed E-state index contributed by atoms with van der Waals surface area (Å²) in [7, 11) is 0. The van der Waals surface area contributed by atoms with Crippen LogP contribution in [0.4, 0.5) is 5.69 Å². The first kappa shape index (κ1) is 22.7. The molecule has 5 heterocycles. The highest BCUT2D eigenvalue weighted by atomic mass is 16.5. The third-order valence-corrected chi connectivity index (χ3v) is 7.42. The van der Waals surface area contributed by atoms with Gasteiger partial charge in [0, 0.05) is 31.1 Å². The number of hydrogen-bond acceptors (Lipinski definition) is 8. The van der Waals surface area contributed by atoms with E-state index in [9.17, 15) is 4.79 Å². The van der Waals surface area contributed by atoms with E-state index in [1.807, 2.05) is 13.1 Å². The van der Waals surface area contributed by atoms with Crippen LogP contribution < -0.4 is 15.5 Å². The van der Waals surface area contributed by atoms with Crippen molar-refractivity contribution >= 4 is 17.2 Å². The number of amides is 1. The van der Waals surface area contributed by atoms with Crippen molar-refractivity contribution in [3.63, 3.8) is 0 Å². The Morgan fingerprint density at radius 3 is 2.83 bits per heavy atom. The molecule has 10 nitrogen and oxygen atoms in total. The first-order valence-corrected chi connectivity index (χ1v) is 12.4. The zero-order chi connectivity index (χ0) is 24.9. The summed E-state index contributed by atoms with van der Waals surface area (Å²) in [6.45, 7) is 8.64. The average Bonchev–Trinajstić information content (AvgIpc) is 3.66. The van der Waals surface area contributed by atoms with E-state index in [2.05, 4.69) is 79.1 Å². The van der Waals surface area contributed by atoms with Gasteiger partial charge in [-0.25, -0.2) is 9.50 Å². The Balaban J connectivity index is 1.17. The summed E-state index contributed by atoms with van der Waals surface area (Å²) >= 11 is 0. The van der Waals surface area contributed by atoms with Crippen LogP contribution in [-0.4, -0.2) is 56.3 Å². The zero-order valence-corrected chi connectivity index (χ0v) is 20.7. The number of nitrogens with zero attached hydrogens (tertiary/aromatic N) is 6. The number of fused-ring (bicyclic) bond motifs is 1. The summed E-state index contributed by atoms with van der Waals surface area (Å²) in [5.41, 5.74) is 4.24. The first-order valence-electron chi connectivity index (χ1n) is 12.4. The molecule has 0 aliphatic carbocycles. The fourth-order valence-corrected chi connectivity index (χ4v) is 5.40. The Labute approximate surface area is 209 Å². The number of benzene rings is 1. The van der Waals surface area contributed by atoms with Crippen molar-refractivity contribution in [1.82, 2.24) is 35.4 Å². The molecule has 2 fully saturated rings. The van der Waals surface area contributed by atoms with Gasteiger partial charge in [0.1, 0.15) is 0 Å². The number of anilines is 1. The number of carbonyl (C=O) groups is 1. The molecule has 1 aromatic carbocycles. The topological polar surface area (TPSA) is 113 Å². The number of nitrogens with one attached hydrogen (secondary N) is 2. The van der Waals surface area contributed by atoms with Crippen molar-refractivity contribution in [2.24, 2.45) is 0 Å². The number of rotatable bonds is 5. The van der Waals surface area contributed by atoms with E-state index in [-0.39, 0.29) is 29.2 Å². The van der Waals surface area contributed by atoms with E-state index < -0.39 is 0 Å². The minimum Gasteiger partial charge on any atom is -0.369 e. The fourth-order valence-electron chi connectivity index (χ4n) is 5.40. The van der Waals surface area contributed by atoms with Gasteiger partial charge < -0.3 is 20.1 Å². The molecule has 2 aliphatic heterocycles. The van der Waals surface area contributed by atoms with Crippen molar-refractivity contribution in [2.75, 3.05) is 24.5 Å².